The van der Waals surface area contributed by atoms with Crippen molar-refractivity contribution in [2.75, 3.05) is 19.6 Å². The van der Waals surface area contributed by atoms with Crippen LogP contribution >= 0.6 is 0 Å². The van der Waals surface area contributed by atoms with Crippen molar-refractivity contribution in [3.63, 3.8) is 0 Å². The predicted octanol–water partition coefficient (Wildman–Crippen LogP) is 3.23. The SMILES string of the molecule is CCCC1CN(CC(F)(F)F)C(Cc2ccccc2)CN1. The predicted molar refractivity (Wildman–Crippen MR) is 78.3 cm³/mol. The van der Waals surface area contributed by atoms with Gasteiger partial charge in [-0.25, -0.2) is 0 Å². The van der Waals surface area contributed by atoms with E-state index >= 15 is 0 Å². The highest BCUT2D eigenvalue weighted by molar-refractivity contribution is 5.16. The summed E-state index contributed by atoms with van der Waals surface area (Å²) in [5.41, 5.74) is 1.09. The third-order valence-corrected chi connectivity index (χ3v) is 3.95. The first-order valence-corrected chi connectivity index (χ1v) is 7.56. The smallest absolute Gasteiger partial charge is 0.311 e. The number of hydrogen-bond acceptors (Lipinski definition) is 2. The van der Waals surface area contributed by atoms with Gasteiger partial charge in [0.2, 0.25) is 0 Å². The van der Waals surface area contributed by atoms with Gasteiger partial charge in [-0.3, -0.25) is 4.90 Å². The van der Waals surface area contributed by atoms with E-state index in [1.54, 1.807) is 4.90 Å². The van der Waals surface area contributed by atoms with Crippen LogP contribution in [0.2, 0.25) is 0 Å². The van der Waals surface area contributed by atoms with E-state index in [9.17, 15) is 13.2 Å². The van der Waals surface area contributed by atoms with Crippen LogP contribution in [0.1, 0.15) is 25.3 Å². The molecule has 1 heterocycles. The summed E-state index contributed by atoms with van der Waals surface area (Å²) in [7, 11) is 0. The molecule has 0 radical (unpaired) electrons. The number of nitrogens with zero attached hydrogens (tertiary/aromatic N) is 1. The van der Waals surface area contributed by atoms with Gasteiger partial charge in [-0.1, -0.05) is 43.7 Å². The second kappa shape index (κ2) is 7.27. The summed E-state index contributed by atoms with van der Waals surface area (Å²) in [6.45, 7) is 2.35. The van der Waals surface area contributed by atoms with Gasteiger partial charge in [0.1, 0.15) is 0 Å². The third kappa shape index (κ3) is 5.32. The lowest BCUT2D eigenvalue weighted by Gasteiger charge is -2.41. The van der Waals surface area contributed by atoms with Crippen LogP contribution in [0, 0.1) is 0 Å². The molecule has 0 saturated carbocycles. The van der Waals surface area contributed by atoms with Gasteiger partial charge in [0, 0.05) is 25.2 Å². The first-order chi connectivity index (χ1) is 9.98. The Labute approximate surface area is 124 Å². The van der Waals surface area contributed by atoms with E-state index in [2.05, 4.69) is 12.2 Å². The Morgan fingerprint density at radius 1 is 1.24 bits per heavy atom. The van der Waals surface area contributed by atoms with E-state index in [1.165, 1.54) is 0 Å². The first kappa shape index (κ1) is 16.3. The molecule has 2 unspecified atom stereocenters. The van der Waals surface area contributed by atoms with Gasteiger partial charge in [-0.15, -0.1) is 0 Å². The average Bonchev–Trinajstić information content (AvgIpc) is 2.41. The van der Waals surface area contributed by atoms with Crippen LogP contribution in [-0.2, 0) is 6.42 Å². The minimum Gasteiger partial charge on any atom is -0.311 e. The lowest BCUT2D eigenvalue weighted by atomic mass is 9.99. The zero-order valence-electron chi connectivity index (χ0n) is 12.4. The molecule has 0 aliphatic carbocycles. The summed E-state index contributed by atoms with van der Waals surface area (Å²) in [6.07, 6.45) is -1.57. The largest absolute Gasteiger partial charge is 0.401 e. The zero-order chi connectivity index (χ0) is 15.3. The van der Waals surface area contributed by atoms with Crippen molar-refractivity contribution in [2.24, 2.45) is 0 Å². The quantitative estimate of drug-likeness (QED) is 0.898. The highest BCUT2D eigenvalue weighted by atomic mass is 19.4. The van der Waals surface area contributed by atoms with Crippen molar-refractivity contribution in [1.29, 1.82) is 0 Å². The Morgan fingerprint density at radius 2 is 1.95 bits per heavy atom. The summed E-state index contributed by atoms with van der Waals surface area (Å²) >= 11 is 0. The molecular formula is C16H23F3N2. The molecule has 1 fully saturated rings. The van der Waals surface area contributed by atoms with Gasteiger partial charge in [-0.2, -0.15) is 13.2 Å². The van der Waals surface area contributed by atoms with Crippen LogP contribution in [-0.4, -0.2) is 42.8 Å². The Morgan fingerprint density at radius 3 is 2.57 bits per heavy atom. The fourth-order valence-electron chi connectivity index (χ4n) is 2.98. The summed E-state index contributed by atoms with van der Waals surface area (Å²) in [5, 5.41) is 3.40. The molecule has 1 aliphatic heterocycles. The maximum atomic E-state index is 12.8. The average molecular weight is 300 g/mol. The molecule has 5 heteroatoms. The van der Waals surface area contributed by atoms with Gasteiger partial charge in [0.25, 0.3) is 0 Å². The minimum atomic E-state index is -4.14. The fraction of sp³-hybridized carbons (Fsp3) is 0.625. The molecule has 2 nitrogen and oxygen atoms in total. The van der Waals surface area contributed by atoms with E-state index in [0.717, 1.165) is 18.4 Å². The molecule has 21 heavy (non-hydrogen) atoms. The van der Waals surface area contributed by atoms with Crippen molar-refractivity contribution in [3.05, 3.63) is 35.9 Å². The normalized spacial score (nSPS) is 24.2. The van der Waals surface area contributed by atoms with Crippen LogP contribution < -0.4 is 5.32 Å². The summed E-state index contributed by atoms with van der Waals surface area (Å²) in [6, 6.07) is 9.81. The minimum absolute atomic E-state index is 0.0952. The topological polar surface area (TPSA) is 15.3 Å². The lowest BCUT2D eigenvalue weighted by molar-refractivity contribution is -0.154. The number of halogens is 3. The molecule has 0 amide bonds. The van der Waals surface area contributed by atoms with E-state index in [1.807, 2.05) is 30.3 Å². The fourth-order valence-corrected chi connectivity index (χ4v) is 2.98. The van der Waals surface area contributed by atoms with Gasteiger partial charge in [0.15, 0.2) is 0 Å². The van der Waals surface area contributed by atoms with Crippen LogP contribution in [0.15, 0.2) is 30.3 Å². The van der Waals surface area contributed by atoms with Crippen LogP contribution in [0.25, 0.3) is 0 Å². The molecule has 0 aromatic heterocycles. The number of piperazine rings is 1. The molecule has 1 N–H and O–H groups in total. The van der Waals surface area contributed by atoms with Crippen molar-refractivity contribution in [2.45, 2.75) is 44.4 Å². The van der Waals surface area contributed by atoms with Crippen molar-refractivity contribution >= 4 is 0 Å². The van der Waals surface area contributed by atoms with E-state index in [0.29, 0.717) is 19.5 Å². The van der Waals surface area contributed by atoms with E-state index < -0.39 is 12.7 Å². The third-order valence-electron chi connectivity index (χ3n) is 3.95. The number of alkyl halides is 3. The number of benzene rings is 1. The molecular weight excluding hydrogens is 277 g/mol. The molecule has 2 atom stereocenters. The molecule has 0 bridgehead atoms. The molecule has 0 spiro atoms. The van der Waals surface area contributed by atoms with Crippen molar-refractivity contribution in [1.82, 2.24) is 10.2 Å². The monoisotopic (exact) mass is 300 g/mol. The molecule has 118 valence electrons. The maximum absolute atomic E-state index is 12.8. The summed E-state index contributed by atoms with van der Waals surface area (Å²) in [4.78, 5) is 1.60. The summed E-state index contributed by atoms with van der Waals surface area (Å²) < 4.78 is 38.4. The summed E-state index contributed by atoms with van der Waals surface area (Å²) in [5.74, 6) is 0. The van der Waals surface area contributed by atoms with E-state index in [4.69, 9.17) is 0 Å². The highest BCUT2D eigenvalue weighted by Gasteiger charge is 2.36. The van der Waals surface area contributed by atoms with Gasteiger partial charge < -0.3 is 5.32 Å². The second-order valence-corrected chi connectivity index (χ2v) is 5.78. The van der Waals surface area contributed by atoms with Crippen molar-refractivity contribution < 1.29 is 13.2 Å². The van der Waals surface area contributed by atoms with Gasteiger partial charge >= 0.3 is 6.18 Å². The van der Waals surface area contributed by atoms with E-state index in [-0.39, 0.29) is 12.1 Å². The molecule has 1 aromatic rings. The second-order valence-electron chi connectivity index (χ2n) is 5.78. The Balaban J connectivity index is 2.03. The highest BCUT2D eigenvalue weighted by Crippen LogP contribution is 2.22. The maximum Gasteiger partial charge on any atom is 0.401 e. The number of hydrogen-bond donors (Lipinski definition) is 1. The number of nitrogens with one attached hydrogen (secondary N) is 1. The Kier molecular flexibility index (Phi) is 5.65. The first-order valence-electron chi connectivity index (χ1n) is 7.56. The Bertz CT molecular complexity index is 419. The van der Waals surface area contributed by atoms with Gasteiger partial charge in [-0.05, 0) is 18.4 Å². The number of rotatable bonds is 5. The van der Waals surface area contributed by atoms with Crippen molar-refractivity contribution in [3.8, 4) is 0 Å². The van der Waals surface area contributed by atoms with Crippen LogP contribution in [0.4, 0.5) is 13.2 Å². The molecule has 1 saturated heterocycles. The molecule has 2 rings (SSSR count). The van der Waals surface area contributed by atoms with Crippen LogP contribution in [0.5, 0.6) is 0 Å². The molecule has 1 aliphatic rings. The zero-order valence-corrected chi connectivity index (χ0v) is 12.4. The van der Waals surface area contributed by atoms with Gasteiger partial charge in [0.05, 0.1) is 6.54 Å². The molecule has 1 aromatic carbocycles. The standard InChI is InChI=1S/C16H23F3N2/c1-2-6-14-11-21(12-16(17,18)19)15(10-20-14)9-13-7-4-3-5-8-13/h3-5,7-8,14-15,20H,2,6,9-12H2,1H3. The van der Waals surface area contributed by atoms with Crippen LogP contribution in [0.3, 0.4) is 0 Å². The lowest BCUT2D eigenvalue weighted by Crippen LogP contribution is -2.59. The Hall–Kier alpha value is -1.07.